The van der Waals surface area contributed by atoms with Crippen LogP contribution in [-0.4, -0.2) is 0 Å². The molecule has 0 amide bonds. The van der Waals surface area contributed by atoms with E-state index in [9.17, 15) is 0 Å². The van der Waals surface area contributed by atoms with Gasteiger partial charge in [0.25, 0.3) is 0 Å². The number of fused-ring (bicyclic) bond motifs is 9. The minimum Gasteiger partial charge on any atom is -0.456 e. The Morgan fingerprint density at radius 2 is 1.10 bits per heavy atom. The summed E-state index contributed by atoms with van der Waals surface area (Å²) in [5, 5.41) is 4.89. The van der Waals surface area contributed by atoms with Crippen molar-refractivity contribution in [2.75, 3.05) is 4.90 Å². The molecule has 0 radical (unpaired) electrons. The van der Waals surface area contributed by atoms with Gasteiger partial charge in [0.05, 0.1) is 0 Å². The van der Waals surface area contributed by atoms with E-state index in [1.165, 1.54) is 70.2 Å². The summed E-state index contributed by atoms with van der Waals surface area (Å²) in [7, 11) is 0. The second-order valence-corrected chi connectivity index (χ2v) is 16.7. The van der Waals surface area contributed by atoms with Gasteiger partial charge in [-0.3, -0.25) is 0 Å². The molecule has 2 nitrogen and oxygen atoms in total. The molecule has 0 N–H and O–H groups in total. The fourth-order valence-electron chi connectivity index (χ4n) is 9.42. The van der Waals surface area contributed by atoms with Crippen molar-refractivity contribution in [2.24, 2.45) is 0 Å². The molecule has 2 aromatic heterocycles. The number of hydrogen-bond acceptors (Lipinski definition) is 3. The predicted octanol–water partition coefficient (Wildman–Crippen LogP) is 16.1. The summed E-state index contributed by atoms with van der Waals surface area (Å²) in [4.78, 5) is 2.34. The van der Waals surface area contributed by atoms with Crippen LogP contribution in [0.2, 0.25) is 0 Å². The Hall–Kier alpha value is -7.20. The molecule has 1 atom stereocenters. The normalized spacial score (nSPS) is 13.5. The van der Waals surface area contributed by atoms with Crippen LogP contribution in [0.25, 0.3) is 75.5 Å². The van der Waals surface area contributed by atoms with E-state index in [1.807, 2.05) is 23.5 Å². The minimum atomic E-state index is 0.216. The van der Waals surface area contributed by atoms with Crippen LogP contribution in [0.15, 0.2) is 211 Å². The van der Waals surface area contributed by atoms with Crippen LogP contribution >= 0.6 is 11.3 Å². The standard InChI is InChI=1S/C56H37NOS/c1-3-13-36(14-4-1)38-25-29-45-48(32-39-15-7-8-18-44(39)50(45)31-38)40-33-49(56-52(34-40)47-20-10-12-22-55(47)59-56)37-23-26-42(27-24-37)57(41-16-5-2-6-17-41)43-28-30-54-51(35-43)46-19-9-11-21-53(46)58-54/h1-31,33-35,48H,32H2. The third kappa shape index (κ3) is 5.69. The smallest absolute Gasteiger partial charge is 0.135 e. The van der Waals surface area contributed by atoms with Crippen molar-refractivity contribution >= 4 is 70.5 Å². The van der Waals surface area contributed by atoms with Gasteiger partial charge in [0.2, 0.25) is 0 Å². The average Bonchev–Trinajstić information content (AvgIpc) is 3.87. The summed E-state index contributed by atoms with van der Waals surface area (Å²) in [6, 6.07) is 75.4. The molecule has 278 valence electrons. The molecule has 0 fully saturated rings. The fourth-order valence-corrected chi connectivity index (χ4v) is 10.6. The zero-order chi connectivity index (χ0) is 38.9. The molecule has 0 spiro atoms. The number of furan rings is 1. The topological polar surface area (TPSA) is 16.4 Å². The summed E-state index contributed by atoms with van der Waals surface area (Å²) >= 11 is 1.90. The quantitative estimate of drug-likeness (QED) is 0.167. The van der Waals surface area contributed by atoms with E-state index < -0.39 is 0 Å². The Labute approximate surface area is 346 Å². The van der Waals surface area contributed by atoms with Gasteiger partial charge in [-0.05, 0) is 129 Å². The molecule has 11 aromatic rings. The van der Waals surface area contributed by atoms with Gasteiger partial charge in [0.1, 0.15) is 11.2 Å². The van der Waals surface area contributed by atoms with E-state index in [1.54, 1.807) is 0 Å². The maximum Gasteiger partial charge on any atom is 0.135 e. The molecular formula is C56H37NOS. The largest absolute Gasteiger partial charge is 0.456 e. The highest BCUT2D eigenvalue weighted by Gasteiger charge is 2.28. The first-order valence-electron chi connectivity index (χ1n) is 20.3. The van der Waals surface area contributed by atoms with Crippen LogP contribution in [0.1, 0.15) is 22.6 Å². The fraction of sp³-hybridized carbons (Fsp3) is 0.0357. The lowest BCUT2D eigenvalue weighted by Crippen LogP contribution is -2.13. The second kappa shape index (κ2) is 13.7. The monoisotopic (exact) mass is 771 g/mol. The molecular weight excluding hydrogens is 735 g/mol. The van der Waals surface area contributed by atoms with Crippen molar-refractivity contribution < 1.29 is 4.42 Å². The maximum atomic E-state index is 6.22. The van der Waals surface area contributed by atoms with Gasteiger partial charge in [-0.1, -0.05) is 133 Å². The average molecular weight is 772 g/mol. The van der Waals surface area contributed by atoms with Crippen LogP contribution in [0.3, 0.4) is 0 Å². The van der Waals surface area contributed by atoms with Gasteiger partial charge in [0, 0.05) is 53.9 Å². The van der Waals surface area contributed by atoms with Crippen molar-refractivity contribution in [2.45, 2.75) is 12.3 Å². The van der Waals surface area contributed by atoms with Gasteiger partial charge >= 0.3 is 0 Å². The van der Waals surface area contributed by atoms with E-state index >= 15 is 0 Å². The summed E-state index contributed by atoms with van der Waals surface area (Å²) in [6.45, 7) is 0. The number of para-hydroxylation sites is 2. The first-order chi connectivity index (χ1) is 29.2. The number of thiophene rings is 1. The molecule has 3 heteroatoms. The summed E-state index contributed by atoms with van der Waals surface area (Å²) in [5.41, 5.74) is 16.9. The Kier molecular flexibility index (Phi) is 7.89. The number of rotatable bonds is 6. The molecule has 1 aliphatic rings. The number of nitrogens with zero attached hydrogens (tertiary/aromatic N) is 1. The number of hydrogen-bond donors (Lipinski definition) is 0. The van der Waals surface area contributed by atoms with Gasteiger partial charge in [0.15, 0.2) is 0 Å². The molecule has 2 heterocycles. The Morgan fingerprint density at radius 1 is 0.424 bits per heavy atom. The highest BCUT2D eigenvalue weighted by molar-refractivity contribution is 7.26. The van der Waals surface area contributed by atoms with E-state index in [-0.39, 0.29) is 5.92 Å². The maximum absolute atomic E-state index is 6.22. The zero-order valence-electron chi connectivity index (χ0n) is 32.2. The van der Waals surface area contributed by atoms with Gasteiger partial charge < -0.3 is 9.32 Å². The summed E-state index contributed by atoms with van der Waals surface area (Å²) in [5.74, 6) is 0.216. The Balaban J connectivity index is 1.00. The van der Waals surface area contributed by atoms with Crippen molar-refractivity contribution in [3.63, 3.8) is 0 Å². The zero-order valence-corrected chi connectivity index (χ0v) is 33.0. The van der Waals surface area contributed by atoms with Gasteiger partial charge in [-0.25, -0.2) is 0 Å². The van der Waals surface area contributed by atoms with Crippen molar-refractivity contribution in [3.8, 4) is 33.4 Å². The minimum absolute atomic E-state index is 0.216. The molecule has 1 aliphatic carbocycles. The summed E-state index contributed by atoms with van der Waals surface area (Å²) < 4.78 is 8.86. The Bertz CT molecular complexity index is 3360. The van der Waals surface area contributed by atoms with Gasteiger partial charge in [-0.2, -0.15) is 0 Å². The second-order valence-electron chi connectivity index (χ2n) is 15.6. The van der Waals surface area contributed by atoms with Crippen molar-refractivity contribution in [3.05, 3.63) is 223 Å². The lowest BCUT2D eigenvalue weighted by atomic mass is 9.74. The van der Waals surface area contributed by atoms with Crippen molar-refractivity contribution in [1.82, 2.24) is 0 Å². The Morgan fingerprint density at radius 3 is 1.97 bits per heavy atom. The molecule has 0 saturated carbocycles. The number of benzene rings is 9. The van der Waals surface area contributed by atoms with Crippen LogP contribution in [0.5, 0.6) is 0 Å². The van der Waals surface area contributed by atoms with Crippen LogP contribution in [0, 0.1) is 0 Å². The lowest BCUT2D eigenvalue weighted by molar-refractivity contribution is 0.669. The van der Waals surface area contributed by atoms with E-state index in [4.69, 9.17) is 4.42 Å². The van der Waals surface area contributed by atoms with E-state index in [0.29, 0.717) is 0 Å². The molecule has 59 heavy (non-hydrogen) atoms. The molecule has 0 saturated heterocycles. The van der Waals surface area contributed by atoms with E-state index in [0.717, 1.165) is 45.4 Å². The third-order valence-corrected chi connectivity index (χ3v) is 13.5. The highest BCUT2D eigenvalue weighted by Crippen LogP contribution is 2.48. The predicted molar refractivity (Wildman–Crippen MR) is 250 cm³/mol. The molecule has 9 aromatic carbocycles. The molecule has 1 unspecified atom stereocenters. The van der Waals surface area contributed by atoms with Gasteiger partial charge in [-0.15, -0.1) is 11.3 Å². The molecule has 0 aliphatic heterocycles. The SMILES string of the molecule is c1ccc(-c2ccc3c(c2)-c2ccccc2CC3c2cc(-c3ccc(N(c4ccccc4)c4ccc5oc6ccccc6c5c4)cc3)c3sc4ccccc4c3c2)cc1. The number of anilines is 3. The van der Waals surface area contributed by atoms with Crippen LogP contribution in [0.4, 0.5) is 17.1 Å². The highest BCUT2D eigenvalue weighted by atomic mass is 32.1. The summed E-state index contributed by atoms with van der Waals surface area (Å²) in [6.07, 6.45) is 0.960. The first kappa shape index (κ1) is 33.9. The molecule has 12 rings (SSSR count). The van der Waals surface area contributed by atoms with Crippen LogP contribution < -0.4 is 4.90 Å². The van der Waals surface area contributed by atoms with E-state index in [2.05, 4.69) is 199 Å². The van der Waals surface area contributed by atoms with Crippen molar-refractivity contribution in [1.29, 1.82) is 0 Å². The first-order valence-corrected chi connectivity index (χ1v) is 21.1. The lowest BCUT2D eigenvalue weighted by Gasteiger charge is -2.29. The molecule has 0 bridgehead atoms. The third-order valence-electron chi connectivity index (χ3n) is 12.2. The van der Waals surface area contributed by atoms with Crippen LogP contribution in [-0.2, 0) is 6.42 Å².